The highest BCUT2D eigenvalue weighted by Gasteiger charge is 2.06. The normalized spacial score (nSPS) is 12.8. The summed E-state index contributed by atoms with van der Waals surface area (Å²) in [7, 11) is 0. The van der Waals surface area contributed by atoms with Crippen molar-refractivity contribution >= 4 is 5.69 Å². The van der Waals surface area contributed by atoms with Gasteiger partial charge in [0.05, 0.1) is 12.6 Å². The maximum absolute atomic E-state index is 9.12. The number of hydrogen-bond acceptors (Lipinski definition) is 3. The molecule has 0 aromatic heterocycles. The first-order chi connectivity index (χ1) is 8.15. The molecule has 1 atom stereocenters. The van der Waals surface area contributed by atoms with Crippen LogP contribution in [0.15, 0.2) is 24.3 Å². The Hall–Kier alpha value is -1.06. The average Bonchev–Trinajstić information content (AvgIpc) is 2.30. The predicted molar refractivity (Wildman–Crippen MR) is 71.2 cm³/mol. The monoisotopic (exact) mass is 237 g/mol. The van der Waals surface area contributed by atoms with Gasteiger partial charge in [-0.05, 0) is 36.5 Å². The van der Waals surface area contributed by atoms with E-state index in [0.29, 0.717) is 12.3 Å². The van der Waals surface area contributed by atoms with E-state index in [9.17, 15) is 0 Å². The summed E-state index contributed by atoms with van der Waals surface area (Å²) in [4.78, 5) is 0. The molecule has 0 spiro atoms. The van der Waals surface area contributed by atoms with Gasteiger partial charge in [0, 0.05) is 12.3 Å². The van der Waals surface area contributed by atoms with Crippen LogP contribution in [0.5, 0.6) is 0 Å². The first-order valence-electron chi connectivity index (χ1n) is 6.23. The van der Waals surface area contributed by atoms with Crippen LogP contribution >= 0.6 is 0 Å². The summed E-state index contributed by atoms with van der Waals surface area (Å²) in [6, 6.07) is 8.19. The summed E-state index contributed by atoms with van der Waals surface area (Å²) in [5, 5.41) is 21.2. The molecule has 0 radical (unpaired) electrons. The minimum Gasteiger partial charge on any atom is -0.396 e. The van der Waals surface area contributed by atoms with Crippen molar-refractivity contribution in [3.05, 3.63) is 29.8 Å². The van der Waals surface area contributed by atoms with Crippen molar-refractivity contribution in [2.45, 2.75) is 32.7 Å². The molecule has 0 saturated heterocycles. The number of nitrogens with one attached hydrogen (secondary N) is 1. The molecule has 17 heavy (non-hydrogen) atoms. The Balaban J connectivity index is 2.54. The molecule has 1 aromatic carbocycles. The van der Waals surface area contributed by atoms with Crippen molar-refractivity contribution in [2.24, 2.45) is 5.92 Å². The minimum absolute atomic E-state index is 0.0360. The Bertz CT molecular complexity index is 309. The number of aliphatic hydroxyl groups excluding tert-OH is 2. The molecular weight excluding hydrogens is 214 g/mol. The zero-order valence-corrected chi connectivity index (χ0v) is 10.7. The van der Waals surface area contributed by atoms with Crippen LogP contribution in [0.4, 0.5) is 5.69 Å². The number of benzene rings is 1. The van der Waals surface area contributed by atoms with Crippen LogP contribution in [-0.4, -0.2) is 29.5 Å². The van der Waals surface area contributed by atoms with E-state index in [0.717, 1.165) is 12.1 Å². The SMILES string of the molecule is CC(C)Cc1ccc(NC(CO)CCO)cc1. The second-order valence-electron chi connectivity index (χ2n) is 4.83. The van der Waals surface area contributed by atoms with Crippen molar-refractivity contribution in [3.8, 4) is 0 Å². The molecule has 0 aliphatic heterocycles. The Morgan fingerprint density at radius 2 is 1.76 bits per heavy atom. The van der Waals surface area contributed by atoms with Gasteiger partial charge >= 0.3 is 0 Å². The van der Waals surface area contributed by atoms with Crippen LogP contribution in [0, 0.1) is 5.92 Å². The van der Waals surface area contributed by atoms with Gasteiger partial charge < -0.3 is 15.5 Å². The van der Waals surface area contributed by atoms with Crippen molar-refractivity contribution in [2.75, 3.05) is 18.5 Å². The van der Waals surface area contributed by atoms with Crippen LogP contribution < -0.4 is 5.32 Å². The van der Waals surface area contributed by atoms with Gasteiger partial charge in [-0.3, -0.25) is 0 Å². The number of rotatable bonds is 7. The molecule has 3 nitrogen and oxygen atoms in total. The third kappa shape index (κ3) is 5.20. The lowest BCUT2D eigenvalue weighted by molar-refractivity contribution is 0.229. The summed E-state index contributed by atoms with van der Waals surface area (Å²) in [5.74, 6) is 0.661. The number of aliphatic hydroxyl groups is 2. The van der Waals surface area contributed by atoms with Crippen molar-refractivity contribution in [1.29, 1.82) is 0 Å². The van der Waals surface area contributed by atoms with Gasteiger partial charge in [-0.15, -0.1) is 0 Å². The zero-order chi connectivity index (χ0) is 12.7. The third-order valence-electron chi connectivity index (χ3n) is 2.67. The largest absolute Gasteiger partial charge is 0.396 e. The van der Waals surface area contributed by atoms with Crippen LogP contribution in [0.2, 0.25) is 0 Å². The van der Waals surface area contributed by atoms with Gasteiger partial charge in [-0.2, -0.15) is 0 Å². The van der Waals surface area contributed by atoms with Crippen LogP contribution in [0.3, 0.4) is 0 Å². The van der Waals surface area contributed by atoms with Crippen molar-refractivity contribution < 1.29 is 10.2 Å². The molecule has 1 aromatic rings. The number of anilines is 1. The second-order valence-corrected chi connectivity index (χ2v) is 4.83. The Kier molecular flexibility index (Phi) is 6.01. The highest BCUT2D eigenvalue weighted by atomic mass is 16.3. The molecule has 1 unspecified atom stereocenters. The van der Waals surface area contributed by atoms with Gasteiger partial charge in [-0.1, -0.05) is 26.0 Å². The Morgan fingerprint density at radius 3 is 2.24 bits per heavy atom. The minimum atomic E-state index is -0.0732. The molecule has 1 rings (SSSR count). The summed E-state index contributed by atoms with van der Waals surface area (Å²) in [5.41, 5.74) is 2.32. The third-order valence-corrected chi connectivity index (χ3v) is 2.67. The van der Waals surface area contributed by atoms with E-state index >= 15 is 0 Å². The van der Waals surface area contributed by atoms with Crippen LogP contribution in [0.1, 0.15) is 25.8 Å². The zero-order valence-electron chi connectivity index (χ0n) is 10.7. The average molecular weight is 237 g/mol. The highest BCUT2D eigenvalue weighted by molar-refractivity contribution is 5.45. The molecule has 3 N–H and O–H groups in total. The highest BCUT2D eigenvalue weighted by Crippen LogP contribution is 2.14. The molecule has 0 fully saturated rings. The van der Waals surface area contributed by atoms with Gasteiger partial charge in [0.2, 0.25) is 0 Å². The molecule has 0 saturated carbocycles. The van der Waals surface area contributed by atoms with Crippen LogP contribution in [-0.2, 0) is 6.42 Å². The fourth-order valence-electron chi connectivity index (χ4n) is 1.81. The van der Waals surface area contributed by atoms with Gasteiger partial charge in [0.15, 0.2) is 0 Å². The molecule has 3 heteroatoms. The Morgan fingerprint density at radius 1 is 1.12 bits per heavy atom. The van der Waals surface area contributed by atoms with Crippen molar-refractivity contribution in [3.63, 3.8) is 0 Å². The van der Waals surface area contributed by atoms with E-state index in [2.05, 4.69) is 31.3 Å². The van der Waals surface area contributed by atoms with E-state index in [4.69, 9.17) is 10.2 Å². The smallest absolute Gasteiger partial charge is 0.0633 e. The first-order valence-corrected chi connectivity index (χ1v) is 6.23. The molecule has 0 heterocycles. The van der Waals surface area contributed by atoms with E-state index in [1.165, 1.54) is 5.56 Å². The molecule has 0 aliphatic rings. The fraction of sp³-hybridized carbons (Fsp3) is 0.571. The summed E-state index contributed by atoms with van der Waals surface area (Å²) in [6.45, 7) is 4.53. The van der Waals surface area contributed by atoms with Gasteiger partial charge in [0.1, 0.15) is 0 Å². The molecule has 0 bridgehead atoms. The lowest BCUT2D eigenvalue weighted by Gasteiger charge is -2.16. The van der Waals surface area contributed by atoms with E-state index < -0.39 is 0 Å². The summed E-state index contributed by atoms with van der Waals surface area (Å²) < 4.78 is 0. The topological polar surface area (TPSA) is 52.5 Å². The molecular formula is C14H23NO2. The maximum atomic E-state index is 9.12. The molecule has 0 aliphatic carbocycles. The van der Waals surface area contributed by atoms with Gasteiger partial charge in [-0.25, -0.2) is 0 Å². The predicted octanol–water partition coefficient (Wildman–Crippen LogP) is 2.04. The Labute approximate surface area is 103 Å². The maximum Gasteiger partial charge on any atom is 0.0633 e. The summed E-state index contributed by atoms with van der Waals surface area (Å²) >= 11 is 0. The van der Waals surface area contributed by atoms with E-state index in [-0.39, 0.29) is 19.3 Å². The van der Waals surface area contributed by atoms with E-state index in [1.54, 1.807) is 0 Å². The van der Waals surface area contributed by atoms with E-state index in [1.807, 2.05) is 12.1 Å². The summed E-state index contributed by atoms with van der Waals surface area (Å²) in [6.07, 6.45) is 1.64. The molecule has 96 valence electrons. The number of hydrogen-bond donors (Lipinski definition) is 3. The standard InChI is InChI=1S/C14H23NO2/c1-11(2)9-12-3-5-13(6-4-12)15-14(10-17)7-8-16/h3-6,11,14-17H,7-10H2,1-2H3. The fourth-order valence-corrected chi connectivity index (χ4v) is 1.81. The van der Waals surface area contributed by atoms with Crippen LogP contribution in [0.25, 0.3) is 0 Å². The first kappa shape index (κ1) is 14.0. The molecule has 0 amide bonds. The quantitative estimate of drug-likeness (QED) is 0.680. The lowest BCUT2D eigenvalue weighted by Crippen LogP contribution is -2.24. The second kappa shape index (κ2) is 7.30. The lowest BCUT2D eigenvalue weighted by atomic mass is 10.0. The van der Waals surface area contributed by atoms with Crippen molar-refractivity contribution in [1.82, 2.24) is 0 Å². The van der Waals surface area contributed by atoms with Gasteiger partial charge in [0.25, 0.3) is 0 Å².